The van der Waals surface area contributed by atoms with Crippen LogP contribution in [0.5, 0.6) is 0 Å². The fourth-order valence-corrected chi connectivity index (χ4v) is 1.83. The first-order valence-corrected chi connectivity index (χ1v) is 6.63. The molecule has 0 bridgehead atoms. The van der Waals surface area contributed by atoms with Gasteiger partial charge in [-0.1, -0.05) is 17.7 Å². The van der Waals surface area contributed by atoms with Crippen LogP contribution in [0.15, 0.2) is 24.3 Å². The van der Waals surface area contributed by atoms with E-state index in [4.69, 9.17) is 0 Å². The molecule has 3 N–H and O–H groups in total. The maximum absolute atomic E-state index is 11.9. The Bertz CT molecular complexity index is 676. The number of nitrogens with one attached hydrogen (secondary N) is 3. The third-order valence-electron chi connectivity index (χ3n) is 3.20. The summed E-state index contributed by atoms with van der Waals surface area (Å²) in [6.07, 6.45) is 0. The number of anilines is 1. The van der Waals surface area contributed by atoms with Crippen molar-refractivity contribution in [2.75, 3.05) is 11.9 Å². The minimum Gasteiger partial charge on any atom is -0.343 e. The second-order valence-electron chi connectivity index (χ2n) is 4.92. The summed E-state index contributed by atoms with van der Waals surface area (Å²) in [6.45, 7) is 5.54. The van der Waals surface area contributed by atoms with Crippen molar-refractivity contribution in [3.63, 3.8) is 0 Å². The SMILES string of the molecule is Cc1cccc(C(=O)NCC(=O)Nc2n[nH]c(C)c2C)c1. The van der Waals surface area contributed by atoms with E-state index in [1.165, 1.54) is 0 Å². The van der Waals surface area contributed by atoms with Crippen molar-refractivity contribution in [3.05, 3.63) is 46.6 Å². The van der Waals surface area contributed by atoms with Crippen LogP contribution in [-0.4, -0.2) is 28.6 Å². The monoisotopic (exact) mass is 286 g/mol. The molecule has 6 nitrogen and oxygen atoms in total. The number of carbonyl (C=O) groups excluding carboxylic acids is 2. The van der Waals surface area contributed by atoms with Crippen molar-refractivity contribution in [2.45, 2.75) is 20.8 Å². The Hall–Kier alpha value is -2.63. The average molecular weight is 286 g/mol. The van der Waals surface area contributed by atoms with Gasteiger partial charge in [-0.3, -0.25) is 14.7 Å². The molecule has 0 saturated carbocycles. The van der Waals surface area contributed by atoms with Crippen molar-refractivity contribution in [3.8, 4) is 0 Å². The van der Waals surface area contributed by atoms with Crippen LogP contribution in [-0.2, 0) is 4.79 Å². The van der Waals surface area contributed by atoms with E-state index in [9.17, 15) is 9.59 Å². The zero-order valence-electron chi connectivity index (χ0n) is 12.3. The molecule has 2 rings (SSSR count). The first kappa shape index (κ1) is 14.8. The van der Waals surface area contributed by atoms with E-state index >= 15 is 0 Å². The highest BCUT2D eigenvalue weighted by Crippen LogP contribution is 2.13. The number of rotatable bonds is 4. The zero-order valence-corrected chi connectivity index (χ0v) is 12.3. The normalized spacial score (nSPS) is 10.2. The molecule has 0 unspecified atom stereocenters. The summed E-state index contributed by atoms with van der Waals surface area (Å²) in [5.74, 6) is -0.100. The smallest absolute Gasteiger partial charge is 0.251 e. The van der Waals surface area contributed by atoms with Gasteiger partial charge in [-0.25, -0.2) is 0 Å². The third kappa shape index (κ3) is 3.68. The number of carbonyl (C=O) groups is 2. The van der Waals surface area contributed by atoms with Crippen molar-refractivity contribution in [1.82, 2.24) is 15.5 Å². The third-order valence-corrected chi connectivity index (χ3v) is 3.20. The van der Waals surface area contributed by atoms with Crippen molar-refractivity contribution >= 4 is 17.6 Å². The summed E-state index contributed by atoms with van der Waals surface area (Å²) < 4.78 is 0. The molecule has 1 aromatic heterocycles. The molecule has 0 atom stereocenters. The molecule has 0 spiro atoms. The lowest BCUT2D eigenvalue weighted by Gasteiger charge is -2.06. The van der Waals surface area contributed by atoms with Gasteiger partial charge >= 0.3 is 0 Å². The van der Waals surface area contributed by atoms with Crippen LogP contribution in [0.4, 0.5) is 5.82 Å². The highest BCUT2D eigenvalue weighted by Gasteiger charge is 2.11. The molecule has 0 radical (unpaired) electrons. The maximum Gasteiger partial charge on any atom is 0.251 e. The lowest BCUT2D eigenvalue weighted by atomic mass is 10.1. The molecule has 110 valence electrons. The molecule has 0 aliphatic rings. The fourth-order valence-electron chi connectivity index (χ4n) is 1.83. The number of hydrogen-bond donors (Lipinski definition) is 3. The van der Waals surface area contributed by atoms with Gasteiger partial charge in [-0.2, -0.15) is 5.10 Å². The molecule has 1 heterocycles. The Kier molecular flexibility index (Phi) is 4.37. The van der Waals surface area contributed by atoms with E-state index in [1.54, 1.807) is 18.2 Å². The van der Waals surface area contributed by atoms with Gasteiger partial charge in [0.05, 0.1) is 6.54 Å². The Labute approximate surface area is 122 Å². The standard InChI is InChI=1S/C15H18N4O2/c1-9-5-4-6-12(7-9)15(21)16-8-13(20)17-14-10(2)11(3)18-19-14/h4-7H,8H2,1-3H3,(H,16,21)(H2,17,18,19,20). The minimum atomic E-state index is -0.314. The number of aromatic nitrogens is 2. The quantitative estimate of drug-likeness (QED) is 0.799. The van der Waals surface area contributed by atoms with Crippen molar-refractivity contribution in [2.24, 2.45) is 0 Å². The predicted molar refractivity (Wildman–Crippen MR) is 80.2 cm³/mol. The van der Waals surface area contributed by atoms with Crippen LogP contribution in [0, 0.1) is 20.8 Å². The maximum atomic E-state index is 11.9. The molecule has 21 heavy (non-hydrogen) atoms. The topological polar surface area (TPSA) is 86.9 Å². The van der Waals surface area contributed by atoms with Crippen LogP contribution in [0.2, 0.25) is 0 Å². The number of aryl methyl sites for hydroxylation is 2. The summed E-state index contributed by atoms with van der Waals surface area (Å²) in [4.78, 5) is 23.7. The van der Waals surface area contributed by atoms with E-state index in [-0.39, 0.29) is 18.4 Å². The molecule has 6 heteroatoms. The second kappa shape index (κ2) is 6.21. The predicted octanol–water partition coefficient (Wildman–Crippen LogP) is 1.70. The van der Waals surface area contributed by atoms with Crippen LogP contribution in [0.1, 0.15) is 27.2 Å². The molecular weight excluding hydrogens is 268 g/mol. The molecule has 0 aliphatic carbocycles. The van der Waals surface area contributed by atoms with Crippen LogP contribution < -0.4 is 10.6 Å². The fraction of sp³-hybridized carbons (Fsp3) is 0.267. The summed E-state index contributed by atoms with van der Waals surface area (Å²) in [6, 6.07) is 7.20. The summed E-state index contributed by atoms with van der Waals surface area (Å²) >= 11 is 0. The number of aromatic amines is 1. The van der Waals surface area contributed by atoms with Crippen LogP contribution in [0.25, 0.3) is 0 Å². The highest BCUT2D eigenvalue weighted by molar-refractivity contribution is 5.99. The summed E-state index contributed by atoms with van der Waals surface area (Å²) in [5, 5.41) is 12.0. The number of benzene rings is 1. The number of nitrogens with zero attached hydrogens (tertiary/aromatic N) is 1. The lowest BCUT2D eigenvalue weighted by molar-refractivity contribution is -0.115. The van der Waals surface area contributed by atoms with Gasteiger partial charge in [0, 0.05) is 16.8 Å². The van der Waals surface area contributed by atoms with E-state index in [0.29, 0.717) is 11.4 Å². The van der Waals surface area contributed by atoms with Gasteiger partial charge in [0.1, 0.15) is 0 Å². The minimum absolute atomic E-state index is 0.0991. The second-order valence-corrected chi connectivity index (χ2v) is 4.92. The summed E-state index contributed by atoms with van der Waals surface area (Å²) in [5.41, 5.74) is 3.31. The van der Waals surface area contributed by atoms with E-state index < -0.39 is 0 Å². The first-order chi connectivity index (χ1) is 9.97. The average Bonchev–Trinajstić information content (AvgIpc) is 2.77. The molecule has 0 fully saturated rings. The van der Waals surface area contributed by atoms with Crippen molar-refractivity contribution < 1.29 is 9.59 Å². The lowest BCUT2D eigenvalue weighted by Crippen LogP contribution is -2.33. The van der Waals surface area contributed by atoms with Gasteiger partial charge in [0.2, 0.25) is 5.91 Å². The Morgan fingerprint density at radius 1 is 1.24 bits per heavy atom. The molecule has 1 aromatic carbocycles. The number of amides is 2. The highest BCUT2D eigenvalue weighted by atomic mass is 16.2. The van der Waals surface area contributed by atoms with E-state index in [1.807, 2.05) is 26.8 Å². The molecule has 2 aromatic rings. The van der Waals surface area contributed by atoms with Gasteiger partial charge in [0.15, 0.2) is 5.82 Å². The Morgan fingerprint density at radius 2 is 2.00 bits per heavy atom. The summed E-state index contributed by atoms with van der Waals surface area (Å²) in [7, 11) is 0. The van der Waals surface area contributed by atoms with E-state index in [0.717, 1.165) is 16.8 Å². The molecule has 0 saturated heterocycles. The first-order valence-electron chi connectivity index (χ1n) is 6.63. The Morgan fingerprint density at radius 3 is 2.62 bits per heavy atom. The molecule has 0 aliphatic heterocycles. The van der Waals surface area contributed by atoms with Gasteiger partial charge in [-0.05, 0) is 32.9 Å². The molecule has 2 amide bonds. The van der Waals surface area contributed by atoms with Gasteiger partial charge < -0.3 is 10.6 Å². The zero-order chi connectivity index (χ0) is 15.4. The molecular formula is C15H18N4O2. The largest absolute Gasteiger partial charge is 0.343 e. The Balaban J connectivity index is 1.89. The van der Waals surface area contributed by atoms with Crippen molar-refractivity contribution in [1.29, 1.82) is 0 Å². The number of hydrogen-bond acceptors (Lipinski definition) is 3. The van der Waals surface area contributed by atoms with Crippen LogP contribution >= 0.6 is 0 Å². The van der Waals surface area contributed by atoms with Gasteiger partial charge in [-0.15, -0.1) is 0 Å². The van der Waals surface area contributed by atoms with Crippen LogP contribution in [0.3, 0.4) is 0 Å². The van der Waals surface area contributed by atoms with Gasteiger partial charge in [0.25, 0.3) is 5.91 Å². The van der Waals surface area contributed by atoms with E-state index in [2.05, 4.69) is 20.8 Å². The number of H-pyrrole nitrogens is 1.